The predicted octanol–water partition coefficient (Wildman–Crippen LogP) is 5.26. The zero-order valence-corrected chi connectivity index (χ0v) is 13.0. The van der Waals surface area contributed by atoms with Gasteiger partial charge in [0, 0.05) is 0 Å². The highest BCUT2D eigenvalue weighted by Crippen LogP contribution is 2.52. The first-order valence-electron chi connectivity index (χ1n) is 7.67. The Hall–Kier alpha value is -0.530. The fourth-order valence-corrected chi connectivity index (χ4v) is 3.76. The molecule has 0 aromatic carbocycles. The van der Waals surface area contributed by atoms with E-state index in [0.717, 1.165) is 51.4 Å². The summed E-state index contributed by atoms with van der Waals surface area (Å²) in [7, 11) is 0. The van der Waals surface area contributed by atoms with Gasteiger partial charge in [-0.15, -0.1) is 0 Å². The number of hydrogen-bond donors (Lipinski definition) is 1. The van der Waals surface area contributed by atoms with Gasteiger partial charge in [0.1, 0.15) is 0 Å². The molecule has 0 rings (SSSR count). The molecule has 0 heterocycles. The lowest BCUT2D eigenvalue weighted by molar-refractivity contribution is -0.161. The van der Waals surface area contributed by atoms with Crippen LogP contribution in [0, 0.1) is 10.8 Å². The van der Waals surface area contributed by atoms with Crippen molar-refractivity contribution in [3.63, 3.8) is 0 Å². The third-order valence-corrected chi connectivity index (χ3v) is 4.52. The van der Waals surface area contributed by atoms with Gasteiger partial charge >= 0.3 is 5.97 Å². The Labute approximate surface area is 113 Å². The number of carboxylic acids is 1. The smallest absolute Gasteiger partial charge is 0.310 e. The molecule has 2 heteroatoms. The van der Waals surface area contributed by atoms with Crippen LogP contribution in [0.25, 0.3) is 0 Å². The Bertz CT molecular complexity index is 233. The first kappa shape index (κ1) is 17.5. The molecule has 0 aliphatic carbocycles. The van der Waals surface area contributed by atoms with Gasteiger partial charge in [-0.3, -0.25) is 4.79 Å². The lowest BCUT2D eigenvalue weighted by Crippen LogP contribution is -2.46. The molecule has 0 bridgehead atoms. The molecule has 0 aliphatic heterocycles. The Balaban J connectivity index is 5.50. The van der Waals surface area contributed by atoms with Gasteiger partial charge in [-0.1, -0.05) is 60.3 Å². The Morgan fingerprint density at radius 3 is 1.39 bits per heavy atom. The van der Waals surface area contributed by atoms with Gasteiger partial charge < -0.3 is 5.11 Å². The monoisotopic (exact) mass is 256 g/mol. The molecule has 0 saturated heterocycles. The van der Waals surface area contributed by atoms with Crippen LogP contribution < -0.4 is 0 Å². The summed E-state index contributed by atoms with van der Waals surface area (Å²) in [5.41, 5.74) is -0.586. The normalized spacial score (nSPS) is 12.7. The fraction of sp³-hybridized carbons (Fsp3) is 0.938. The molecular formula is C16H32O2. The molecule has 0 amide bonds. The molecule has 2 nitrogen and oxygen atoms in total. The second kappa shape index (κ2) is 7.81. The van der Waals surface area contributed by atoms with E-state index in [2.05, 4.69) is 34.6 Å². The Kier molecular flexibility index (Phi) is 7.58. The van der Waals surface area contributed by atoms with Crippen molar-refractivity contribution in [1.82, 2.24) is 0 Å². The summed E-state index contributed by atoms with van der Waals surface area (Å²) < 4.78 is 0. The van der Waals surface area contributed by atoms with Crippen molar-refractivity contribution in [2.75, 3.05) is 0 Å². The van der Waals surface area contributed by atoms with E-state index in [4.69, 9.17) is 0 Å². The maximum Gasteiger partial charge on any atom is 0.310 e. The summed E-state index contributed by atoms with van der Waals surface area (Å²) in [6, 6.07) is 0. The third-order valence-electron chi connectivity index (χ3n) is 4.52. The van der Waals surface area contributed by atoms with E-state index in [1.54, 1.807) is 0 Å². The lowest BCUT2D eigenvalue weighted by atomic mass is 9.56. The van der Waals surface area contributed by atoms with Crippen LogP contribution in [-0.2, 0) is 4.79 Å². The predicted molar refractivity (Wildman–Crippen MR) is 77.8 cm³/mol. The van der Waals surface area contributed by atoms with Crippen LogP contribution in [0.1, 0.15) is 86.0 Å². The van der Waals surface area contributed by atoms with Gasteiger partial charge in [0.2, 0.25) is 0 Å². The first-order chi connectivity index (χ1) is 8.44. The van der Waals surface area contributed by atoms with Crippen molar-refractivity contribution in [2.45, 2.75) is 86.0 Å². The molecule has 0 aliphatic rings. The minimum absolute atomic E-state index is 0.0612. The highest BCUT2D eigenvalue weighted by Gasteiger charge is 2.51. The van der Waals surface area contributed by atoms with Crippen LogP contribution in [0.3, 0.4) is 0 Å². The summed E-state index contributed by atoms with van der Waals surface area (Å²) in [6.45, 7) is 10.7. The van der Waals surface area contributed by atoms with Crippen LogP contribution in [0.15, 0.2) is 0 Å². The van der Waals surface area contributed by atoms with Gasteiger partial charge in [-0.25, -0.2) is 0 Å². The van der Waals surface area contributed by atoms with E-state index >= 15 is 0 Å². The van der Waals surface area contributed by atoms with E-state index in [9.17, 15) is 9.90 Å². The van der Waals surface area contributed by atoms with Crippen molar-refractivity contribution in [3.05, 3.63) is 0 Å². The summed E-state index contributed by atoms with van der Waals surface area (Å²) in [6.07, 6.45) is 7.71. The van der Waals surface area contributed by atoms with Crippen molar-refractivity contribution < 1.29 is 9.90 Å². The molecule has 0 spiro atoms. The summed E-state index contributed by atoms with van der Waals surface area (Å²) in [4.78, 5) is 12.0. The lowest BCUT2D eigenvalue weighted by Gasteiger charge is -2.46. The minimum atomic E-state index is -0.574. The van der Waals surface area contributed by atoms with E-state index < -0.39 is 11.4 Å². The average molecular weight is 256 g/mol. The molecular weight excluding hydrogens is 224 g/mol. The Morgan fingerprint density at radius 1 is 0.833 bits per heavy atom. The molecule has 0 unspecified atom stereocenters. The molecule has 0 atom stereocenters. The van der Waals surface area contributed by atoms with Gasteiger partial charge in [0.25, 0.3) is 0 Å². The maximum atomic E-state index is 12.0. The van der Waals surface area contributed by atoms with E-state index in [-0.39, 0.29) is 5.41 Å². The largest absolute Gasteiger partial charge is 0.481 e. The SMILES string of the molecule is CCCC(C)(CCC)C(CCC)(CCC)C(=O)O. The van der Waals surface area contributed by atoms with Gasteiger partial charge in [-0.2, -0.15) is 0 Å². The summed E-state index contributed by atoms with van der Waals surface area (Å²) in [5, 5.41) is 9.87. The second-order valence-electron chi connectivity index (χ2n) is 5.95. The highest BCUT2D eigenvalue weighted by atomic mass is 16.4. The van der Waals surface area contributed by atoms with Crippen LogP contribution in [-0.4, -0.2) is 11.1 Å². The molecule has 0 aromatic heterocycles. The minimum Gasteiger partial charge on any atom is -0.481 e. The standard InChI is InChI=1S/C16H32O2/c1-6-10-15(5,11-7-2)16(12-8-3,13-9-4)14(17)18/h6-13H2,1-5H3,(H,17,18). The van der Waals surface area contributed by atoms with Gasteiger partial charge in [0.05, 0.1) is 5.41 Å². The Morgan fingerprint density at radius 2 is 1.17 bits per heavy atom. The number of carboxylic acid groups (broad SMARTS) is 1. The molecule has 0 fully saturated rings. The summed E-state index contributed by atoms with van der Waals surface area (Å²) in [5.74, 6) is -0.574. The van der Waals surface area contributed by atoms with Crippen molar-refractivity contribution >= 4 is 5.97 Å². The average Bonchev–Trinajstić information content (AvgIpc) is 2.28. The van der Waals surface area contributed by atoms with Crippen LogP contribution in [0.4, 0.5) is 0 Å². The zero-order chi connectivity index (χ0) is 14.2. The molecule has 0 saturated carbocycles. The number of hydrogen-bond acceptors (Lipinski definition) is 1. The number of carbonyl (C=O) groups is 1. The van der Waals surface area contributed by atoms with Crippen molar-refractivity contribution in [3.8, 4) is 0 Å². The zero-order valence-electron chi connectivity index (χ0n) is 13.0. The van der Waals surface area contributed by atoms with E-state index in [1.807, 2.05) is 0 Å². The molecule has 108 valence electrons. The van der Waals surface area contributed by atoms with Crippen LogP contribution >= 0.6 is 0 Å². The topological polar surface area (TPSA) is 37.3 Å². The quantitative estimate of drug-likeness (QED) is 0.578. The second-order valence-corrected chi connectivity index (χ2v) is 5.95. The van der Waals surface area contributed by atoms with Crippen molar-refractivity contribution in [1.29, 1.82) is 0 Å². The maximum absolute atomic E-state index is 12.0. The first-order valence-corrected chi connectivity index (χ1v) is 7.67. The van der Waals surface area contributed by atoms with Crippen LogP contribution in [0.5, 0.6) is 0 Å². The number of aliphatic carboxylic acids is 1. The molecule has 1 N–H and O–H groups in total. The molecule has 0 aromatic rings. The highest BCUT2D eigenvalue weighted by molar-refractivity contribution is 5.75. The van der Waals surface area contributed by atoms with E-state index in [0.29, 0.717) is 0 Å². The molecule has 18 heavy (non-hydrogen) atoms. The fourth-order valence-electron chi connectivity index (χ4n) is 3.76. The van der Waals surface area contributed by atoms with Gasteiger partial charge in [0.15, 0.2) is 0 Å². The third kappa shape index (κ3) is 3.49. The van der Waals surface area contributed by atoms with Crippen molar-refractivity contribution in [2.24, 2.45) is 10.8 Å². The van der Waals surface area contributed by atoms with Crippen LogP contribution in [0.2, 0.25) is 0 Å². The number of rotatable bonds is 10. The molecule has 0 radical (unpaired) electrons. The van der Waals surface area contributed by atoms with Gasteiger partial charge in [-0.05, 0) is 31.1 Å². The summed E-state index contributed by atoms with van der Waals surface area (Å²) >= 11 is 0. The van der Waals surface area contributed by atoms with E-state index in [1.165, 1.54) is 0 Å².